The molecule has 0 radical (unpaired) electrons. The van der Waals surface area contributed by atoms with Crippen LogP contribution in [0.15, 0.2) is 28.7 Å². The first kappa shape index (κ1) is 17.3. The molecule has 1 aromatic carbocycles. The number of hydrogen-bond acceptors (Lipinski definition) is 5. The number of carbonyl (C=O) groups excluding carboxylic acids is 3. The molecule has 1 aromatic heterocycles. The Kier molecular flexibility index (Phi) is 4.94. The summed E-state index contributed by atoms with van der Waals surface area (Å²) in [5.41, 5.74) is 5.76. The molecule has 0 aliphatic carbocycles. The predicted octanol–water partition coefficient (Wildman–Crippen LogP) is 1.97. The van der Waals surface area contributed by atoms with Crippen molar-refractivity contribution in [3.8, 4) is 0 Å². The first-order chi connectivity index (χ1) is 11.9. The number of likely N-dealkylation sites (tertiary alicyclic amines) is 1. The van der Waals surface area contributed by atoms with Crippen LogP contribution in [-0.2, 0) is 14.3 Å². The first-order valence-electron chi connectivity index (χ1n) is 7.87. The monoisotopic (exact) mass is 364 g/mol. The van der Waals surface area contributed by atoms with Crippen molar-refractivity contribution in [3.63, 3.8) is 0 Å². The molecule has 1 aliphatic heterocycles. The van der Waals surface area contributed by atoms with Gasteiger partial charge in [-0.3, -0.25) is 9.59 Å². The molecule has 1 fully saturated rings. The van der Waals surface area contributed by atoms with Crippen molar-refractivity contribution in [1.82, 2.24) is 4.90 Å². The number of nitrogens with zero attached hydrogens (tertiary/aromatic N) is 1. The highest BCUT2D eigenvalue weighted by Gasteiger charge is 2.27. The third-order valence-electron chi connectivity index (χ3n) is 4.19. The number of ether oxygens (including phenoxy) is 1. The van der Waals surface area contributed by atoms with E-state index in [1.807, 2.05) is 0 Å². The van der Waals surface area contributed by atoms with Gasteiger partial charge in [-0.2, -0.15) is 0 Å². The Balaban J connectivity index is 1.59. The zero-order valence-corrected chi connectivity index (χ0v) is 14.1. The minimum atomic E-state index is -0.732. The predicted molar refractivity (Wildman–Crippen MR) is 90.0 cm³/mol. The quantitative estimate of drug-likeness (QED) is 0.835. The maximum absolute atomic E-state index is 12.2. The molecular formula is C17H17ClN2O5. The van der Waals surface area contributed by atoms with Gasteiger partial charge in [0.25, 0.3) is 5.91 Å². The van der Waals surface area contributed by atoms with Gasteiger partial charge in [-0.15, -0.1) is 0 Å². The molecule has 0 bridgehead atoms. The van der Waals surface area contributed by atoms with Crippen LogP contribution in [0.5, 0.6) is 0 Å². The normalized spacial score (nSPS) is 17.5. The highest BCUT2D eigenvalue weighted by molar-refractivity contribution is 6.31. The van der Waals surface area contributed by atoms with Crippen molar-refractivity contribution in [1.29, 1.82) is 0 Å². The Hall–Kier alpha value is -2.54. The van der Waals surface area contributed by atoms with Gasteiger partial charge in [-0.05, 0) is 31.0 Å². The van der Waals surface area contributed by atoms with Crippen LogP contribution in [0, 0.1) is 5.92 Å². The van der Waals surface area contributed by atoms with Gasteiger partial charge < -0.3 is 19.8 Å². The summed E-state index contributed by atoms with van der Waals surface area (Å²) in [6.45, 7) is 0.361. The van der Waals surface area contributed by atoms with Crippen LogP contribution >= 0.6 is 11.6 Å². The summed E-state index contributed by atoms with van der Waals surface area (Å²) in [4.78, 5) is 37.0. The second-order valence-corrected chi connectivity index (χ2v) is 6.39. The van der Waals surface area contributed by atoms with Gasteiger partial charge >= 0.3 is 5.97 Å². The molecule has 0 saturated carbocycles. The lowest BCUT2D eigenvalue weighted by Gasteiger charge is -2.30. The van der Waals surface area contributed by atoms with E-state index in [0.29, 0.717) is 35.4 Å². The van der Waals surface area contributed by atoms with Gasteiger partial charge in [-0.25, -0.2) is 4.79 Å². The number of nitrogens with two attached hydrogens (primary N) is 1. The Morgan fingerprint density at radius 2 is 2.12 bits per heavy atom. The number of benzene rings is 1. The van der Waals surface area contributed by atoms with E-state index in [-0.39, 0.29) is 24.1 Å². The Bertz CT molecular complexity index is 832. The van der Waals surface area contributed by atoms with Crippen LogP contribution in [-0.4, -0.2) is 42.4 Å². The van der Waals surface area contributed by atoms with Gasteiger partial charge in [0.05, 0.1) is 5.92 Å². The summed E-state index contributed by atoms with van der Waals surface area (Å²) >= 11 is 5.87. The first-order valence-corrected chi connectivity index (χ1v) is 8.25. The number of fused-ring (bicyclic) bond motifs is 1. The van der Waals surface area contributed by atoms with Crippen molar-refractivity contribution >= 4 is 40.4 Å². The van der Waals surface area contributed by atoms with E-state index >= 15 is 0 Å². The summed E-state index contributed by atoms with van der Waals surface area (Å²) in [6.07, 6.45) is 1.36. The topological polar surface area (TPSA) is 103 Å². The molecule has 3 rings (SSSR count). The highest BCUT2D eigenvalue weighted by atomic mass is 35.5. The number of piperidine rings is 1. The third-order valence-corrected chi connectivity index (χ3v) is 4.42. The van der Waals surface area contributed by atoms with Gasteiger partial charge in [0.1, 0.15) is 5.58 Å². The molecule has 0 spiro atoms. The maximum Gasteiger partial charge on any atom is 0.374 e. The van der Waals surface area contributed by atoms with Gasteiger partial charge in [0.15, 0.2) is 6.61 Å². The number of amides is 2. The average Bonchev–Trinajstić information content (AvgIpc) is 3.02. The maximum atomic E-state index is 12.2. The van der Waals surface area contributed by atoms with Crippen molar-refractivity contribution in [2.45, 2.75) is 12.8 Å². The molecule has 25 heavy (non-hydrogen) atoms. The molecule has 8 heteroatoms. The minimum absolute atomic E-state index is 0.00118. The van der Waals surface area contributed by atoms with E-state index in [4.69, 9.17) is 26.5 Å². The summed E-state index contributed by atoms with van der Waals surface area (Å²) < 4.78 is 10.4. The molecule has 2 heterocycles. The molecule has 1 saturated heterocycles. The van der Waals surface area contributed by atoms with Crippen LogP contribution in [0.25, 0.3) is 11.0 Å². The molecule has 1 unspecified atom stereocenters. The highest BCUT2D eigenvalue weighted by Crippen LogP contribution is 2.23. The van der Waals surface area contributed by atoms with E-state index < -0.39 is 18.5 Å². The fourth-order valence-electron chi connectivity index (χ4n) is 2.83. The average molecular weight is 365 g/mol. The Morgan fingerprint density at radius 3 is 2.88 bits per heavy atom. The van der Waals surface area contributed by atoms with E-state index in [1.54, 1.807) is 18.2 Å². The molecule has 2 aromatic rings. The number of esters is 1. The lowest BCUT2D eigenvalue weighted by molar-refractivity contribution is -0.137. The van der Waals surface area contributed by atoms with Crippen molar-refractivity contribution < 1.29 is 23.5 Å². The van der Waals surface area contributed by atoms with Crippen LogP contribution < -0.4 is 5.73 Å². The van der Waals surface area contributed by atoms with Crippen LogP contribution in [0.1, 0.15) is 23.4 Å². The smallest absolute Gasteiger partial charge is 0.374 e. The second kappa shape index (κ2) is 7.14. The number of furan rings is 1. The molecular weight excluding hydrogens is 348 g/mol. The van der Waals surface area contributed by atoms with E-state index in [0.717, 1.165) is 0 Å². The standard InChI is InChI=1S/C17H17ClN2O5/c18-12-4-3-10-6-14(25-13(10)7-12)17(23)24-9-15(21)20-5-1-2-11(8-20)16(19)22/h3-4,6-7,11H,1-2,5,8-9H2,(H2,19,22). The van der Waals surface area contributed by atoms with Gasteiger partial charge in [0.2, 0.25) is 11.7 Å². The molecule has 1 atom stereocenters. The van der Waals surface area contributed by atoms with Gasteiger partial charge in [-0.1, -0.05) is 11.6 Å². The van der Waals surface area contributed by atoms with Crippen LogP contribution in [0.2, 0.25) is 5.02 Å². The number of hydrogen-bond donors (Lipinski definition) is 1. The lowest BCUT2D eigenvalue weighted by atomic mass is 9.97. The fraction of sp³-hybridized carbons (Fsp3) is 0.353. The number of rotatable bonds is 4. The molecule has 2 N–H and O–H groups in total. The SMILES string of the molecule is NC(=O)C1CCCN(C(=O)COC(=O)c2cc3ccc(Cl)cc3o2)C1. The van der Waals surface area contributed by atoms with Gasteiger partial charge in [0, 0.05) is 29.6 Å². The third kappa shape index (κ3) is 3.93. The molecule has 132 valence electrons. The number of carbonyl (C=O) groups is 3. The minimum Gasteiger partial charge on any atom is -0.450 e. The molecule has 7 nitrogen and oxygen atoms in total. The molecule has 1 aliphatic rings. The largest absolute Gasteiger partial charge is 0.450 e. The summed E-state index contributed by atoms with van der Waals surface area (Å²) in [6, 6.07) is 6.53. The van der Waals surface area contributed by atoms with E-state index in [9.17, 15) is 14.4 Å². The van der Waals surface area contributed by atoms with Crippen molar-refractivity contribution in [2.75, 3.05) is 19.7 Å². The lowest BCUT2D eigenvalue weighted by Crippen LogP contribution is -2.45. The second-order valence-electron chi connectivity index (χ2n) is 5.95. The van der Waals surface area contributed by atoms with Crippen molar-refractivity contribution in [3.05, 3.63) is 35.0 Å². The molecule has 2 amide bonds. The zero-order chi connectivity index (χ0) is 18.0. The summed E-state index contributed by atoms with van der Waals surface area (Å²) in [7, 11) is 0. The summed E-state index contributed by atoms with van der Waals surface area (Å²) in [5.74, 6) is -1.87. The van der Waals surface area contributed by atoms with E-state index in [2.05, 4.69) is 0 Å². The van der Waals surface area contributed by atoms with E-state index in [1.165, 1.54) is 11.0 Å². The number of primary amides is 1. The van der Waals surface area contributed by atoms with Crippen LogP contribution in [0.4, 0.5) is 0 Å². The summed E-state index contributed by atoms with van der Waals surface area (Å²) in [5, 5.41) is 1.20. The van der Waals surface area contributed by atoms with Crippen molar-refractivity contribution in [2.24, 2.45) is 11.7 Å². The Morgan fingerprint density at radius 1 is 1.32 bits per heavy atom. The zero-order valence-electron chi connectivity index (χ0n) is 13.4. The Labute approximate surface area is 148 Å². The number of halogens is 1. The van der Waals surface area contributed by atoms with Crippen LogP contribution in [0.3, 0.4) is 0 Å². The fourth-order valence-corrected chi connectivity index (χ4v) is 2.99.